The van der Waals surface area contributed by atoms with Gasteiger partial charge >= 0.3 is 111 Å². The number of rotatable bonds is 38. The predicted molar refractivity (Wildman–Crippen MR) is 301 cm³/mol. The van der Waals surface area contributed by atoms with Crippen LogP contribution in [-0.4, -0.2) is 383 Å². The van der Waals surface area contributed by atoms with E-state index in [4.69, 9.17) is 51.9 Å². The predicted octanol–water partition coefficient (Wildman–Crippen LogP) is -15.9. The fraction of sp³-hybridized carbons (Fsp3) is 0.861. The maximum absolute atomic E-state index is 13.1. The van der Waals surface area contributed by atoms with E-state index in [1.807, 2.05) is 0 Å². The van der Waals surface area contributed by atoms with Gasteiger partial charge in [0.05, 0.1) is 32.5 Å². The lowest BCUT2D eigenvalue weighted by atomic mass is 9.94. The number of nitrogens with one attached hydrogen (secondary N) is 3. The molecule has 69 heteroatoms. The van der Waals surface area contributed by atoms with Crippen LogP contribution in [-0.2, 0) is 180 Å². The third-order valence-corrected chi connectivity index (χ3v) is 18.2. The molecule has 0 aromatic heterocycles. The van der Waals surface area contributed by atoms with Gasteiger partial charge < -0.3 is 104 Å². The Hall–Kier alpha value is -3.90. The Balaban J connectivity index is 1.61. The van der Waals surface area contributed by atoms with E-state index in [9.17, 15) is 183 Å². The second-order valence-electron chi connectivity index (χ2n) is 21.2. The zero-order valence-corrected chi connectivity index (χ0v) is 57.6. The highest BCUT2D eigenvalue weighted by Gasteiger charge is 2.61. The second kappa shape index (κ2) is 35.2. The van der Waals surface area contributed by atoms with E-state index < -0.39 is 309 Å². The molecule has 27 atom stereocenters. The maximum Gasteiger partial charge on any atom is 0.397 e. The zero-order chi connectivity index (χ0) is 80.4. The third-order valence-electron chi connectivity index (χ3n) is 13.8. The van der Waals surface area contributed by atoms with Crippen LogP contribution in [0.15, 0.2) is 11.8 Å². The Morgan fingerprint density at radius 1 is 0.448 bits per heavy atom. The number of carboxylic acid groups (broad SMARTS) is 3. The van der Waals surface area contributed by atoms with Crippen molar-refractivity contribution in [1.29, 1.82) is 0 Å². The maximum atomic E-state index is 13.1. The normalized spacial score (nSPS) is 34.9. The number of carbonyl (C=O) groups is 3. The highest BCUT2D eigenvalue weighted by molar-refractivity contribution is 7.84. The van der Waals surface area contributed by atoms with Gasteiger partial charge in [-0.3, -0.25) is 41.0 Å². The molecule has 0 unspecified atom stereocenters. The van der Waals surface area contributed by atoms with Crippen molar-refractivity contribution in [2.24, 2.45) is 0 Å². The van der Waals surface area contributed by atoms with Crippen molar-refractivity contribution in [3.8, 4) is 0 Å². The molecule has 0 aromatic rings. The molecule has 0 bridgehead atoms. The van der Waals surface area contributed by atoms with Crippen LogP contribution in [0.25, 0.3) is 0 Å². The average Bonchev–Trinajstić information content (AvgIpc) is 0.758. The van der Waals surface area contributed by atoms with Gasteiger partial charge in [-0.2, -0.15) is 89.9 Å². The molecule has 5 heterocycles. The highest BCUT2D eigenvalue weighted by atomic mass is 32.3. The van der Waals surface area contributed by atoms with Crippen molar-refractivity contribution < 1.29 is 260 Å². The van der Waals surface area contributed by atoms with Crippen LogP contribution in [0, 0.1) is 0 Å². The minimum absolute atomic E-state index is 0.195. The summed E-state index contributed by atoms with van der Waals surface area (Å²) in [6.45, 7) is -7.47. The molecule has 105 heavy (non-hydrogen) atoms. The Morgan fingerprint density at radius 2 is 0.819 bits per heavy atom. The topological polar surface area (TPSA) is 947 Å². The summed E-state index contributed by atoms with van der Waals surface area (Å²) in [6.07, 6.45) is -74.6. The summed E-state index contributed by atoms with van der Waals surface area (Å²) < 4.78 is 385. The Bertz CT molecular complexity index is 4160. The summed E-state index contributed by atoms with van der Waals surface area (Å²) in [5, 5.41) is 120. The Labute approximate surface area is 586 Å². The van der Waals surface area contributed by atoms with E-state index >= 15 is 0 Å². The molecule has 0 radical (unpaired) electrons. The van der Waals surface area contributed by atoms with Crippen molar-refractivity contribution >= 4 is 111 Å². The summed E-state index contributed by atoms with van der Waals surface area (Å²) in [5.41, 5.74) is 0. The number of aliphatic hydroxyl groups is 8. The van der Waals surface area contributed by atoms with Gasteiger partial charge in [0.15, 0.2) is 55.7 Å². The fourth-order valence-electron chi connectivity index (χ4n) is 9.81. The van der Waals surface area contributed by atoms with Crippen molar-refractivity contribution in [2.75, 3.05) is 26.4 Å². The first kappa shape index (κ1) is 91.7. The molecule has 5 rings (SSSR count). The first-order valence-electron chi connectivity index (χ1n) is 26.9. The summed E-state index contributed by atoms with van der Waals surface area (Å²) in [5.74, 6) is -8.71. The van der Waals surface area contributed by atoms with E-state index in [1.165, 1.54) is 0 Å². The van der Waals surface area contributed by atoms with Crippen LogP contribution >= 0.6 is 0 Å². The van der Waals surface area contributed by atoms with E-state index in [0.29, 0.717) is 0 Å². The van der Waals surface area contributed by atoms with E-state index in [-0.39, 0.29) is 6.08 Å². The largest absolute Gasteiger partial charge is 0.479 e. The lowest BCUT2D eigenvalue weighted by molar-refractivity contribution is -0.372. The van der Waals surface area contributed by atoms with Crippen molar-refractivity contribution in [3.63, 3.8) is 0 Å². The number of ether oxygens (including phenoxy) is 10. The second-order valence-corrected chi connectivity index (χ2v) is 31.1. The van der Waals surface area contributed by atoms with Gasteiger partial charge in [0.2, 0.25) is 12.0 Å². The monoisotopic (exact) mass is 1730 g/mol. The van der Waals surface area contributed by atoms with Gasteiger partial charge in [0, 0.05) is 0 Å². The van der Waals surface area contributed by atoms with Crippen molar-refractivity contribution in [1.82, 2.24) is 14.2 Å². The number of hydrogen-bond acceptors (Lipinski definition) is 45. The van der Waals surface area contributed by atoms with Gasteiger partial charge in [-0.05, 0) is 6.08 Å². The number of aliphatic carboxylic acids is 3. The molecular formula is C36H59N3O57S9. The molecule has 0 aliphatic carbocycles. The van der Waals surface area contributed by atoms with Gasteiger partial charge in [0.25, 0.3) is 0 Å². The van der Waals surface area contributed by atoms with Crippen LogP contribution in [0.5, 0.6) is 0 Å². The van der Waals surface area contributed by atoms with Gasteiger partial charge in [0.1, 0.15) is 97.5 Å². The lowest BCUT2D eigenvalue weighted by Crippen LogP contribution is -2.71. The van der Waals surface area contributed by atoms with E-state index in [0.717, 1.165) is 14.2 Å². The zero-order valence-electron chi connectivity index (χ0n) is 50.2. The average molecular weight is 1730 g/mol. The minimum Gasteiger partial charge on any atom is -0.479 e. The van der Waals surface area contributed by atoms with Crippen LogP contribution in [0.1, 0.15) is 0 Å². The molecule has 614 valence electrons. The Morgan fingerprint density at radius 3 is 1.17 bits per heavy atom. The lowest BCUT2D eigenvalue weighted by Gasteiger charge is -2.50. The molecule has 4 fully saturated rings. The van der Waals surface area contributed by atoms with Gasteiger partial charge in [-0.25, -0.2) is 39.5 Å². The molecular weight excluding hydrogens is 1670 g/mol. The van der Waals surface area contributed by atoms with Crippen LogP contribution in [0.3, 0.4) is 0 Å². The number of hydrogen-bond donors (Lipinski definition) is 23. The van der Waals surface area contributed by atoms with E-state index in [1.54, 1.807) is 0 Å². The highest BCUT2D eigenvalue weighted by Crippen LogP contribution is 2.39. The summed E-state index contributed by atoms with van der Waals surface area (Å²) in [7, 11) is -53.5. The minimum atomic E-state index is -6.34. The van der Waals surface area contributed by atoms with E-state index in [2.05, 4.69) is 25.1 Å². The van der Waals surface area contributed by atoms with Crippen LogP contribution in [0.4, 0.5) is 0 Å². The first-order valence-corrected chi connectivity index (χ1v) is 39.4. The van der Waals surface area contributed by atoms with Crippen LogP contribution in [0.2, 0.25) is 0 Å². The quantitative estimate of drug-likeness (QED) is 0.0255. The van der Waals surface area contributed by atoms with Crippen molar-refractivity contribution in [2.45, 2.75) is 166 Å². The Kier molecular flexibility index (Phi) is 30.8. The molecule has 5 aliphatic heterocycles. The van der Waals surface area contributed by atoms with Crippen molar-refractivity contribution in [3.05, 3.63) is 11.8 Å². The smallest absolute Gasteiger partial charge is 0.397 e. The molecule has 0 spiro atoms. The molecule has 5 aliphatic rings. The standard InChI is InChI=1S/C36H59N3O57S9/c40-2-6(37-97(54,55)56)14(43)19(8(42)3-81-100(63,64)65)87-35-25(95-104(75,76)77)17(46)23(27(92-35)30(50)51)90-33-13(39-99(60,61)62)16(45)22(11(86-33)5-83-102(69,70)71)89-36-26(96-105(78,79)80)18(47)24(28(93-36)31(52)53)91-32-12(38-98(57,58)59)15(44)21(10(85-32)4-82-101(66,67)68)88-34-20(94-103(72,73)74)7(41)1-9(84-34)29(48)49/h1,6-8,10-28,32-47H,2-5H2,(H,48,49)(H,50,51)(H,52,53)(H,54,55,56)(H,57,58,59)(H,60,61,62)(H,63,64,65)(H,66,67,68)(H,69,70,71)(H,72,73,74)(H,75,76,77)(H,78,79,80)/t6-,7-,8+,10+,11+,12+,13+,14+,15+,16+,17-,18-,19+,20+,21+,22+,23-,24-,25+,26+,27-,28-,32+,33+,34-,35+,36+/m0/s1. The number of aliphatic hydroxyl groups excluding tert-OH is 8. The van der Waals surface area contributed by atoms with Gasteiger partial charge in [-0.1, -0.05) is 0 Å². The summed E-state index contributed by atoms with van der Waals surface area (Å²) >= 11 is 0. The fourth-order valence-corrected chi connectivity index (χ4v) is 14.0. The molecule has 0 saturated carbocycles. The first-order chi connectivity index (χ1) is 47.5. The molecule has 0 amide bonds. The third kappa shape index (κ3) is 27.8. The molecule has 60 nitrogen and oxygen atoms in total. The SMILES string of the molecule is O=C(O)C1=C[C@H](O)[C@@H](OS(=O)(=O)O)[C@H](O[C@H]2[C@H](O)[C@@H](NS(=O)(=O)O)[C@@H](O[C@H]3[C@H](O)[C@@H](OS(=O)(=O)O)[C@H](O[C@H]4[C@H](O)[C@@H](NS(=O)(=O)O)[C@@H](O[C@H]5[C@H](O)[C@@H](OS(=O)(=O)O)[C@H](O[C@@H]([C@H](O)[C@H](CO)NS(=O)(=O)O)[C@H](O)COS(=O)(=O)O)O[C@@H]5C(=O)O)O[C@@H]4COS(=O)(=O)O)O[C@@H]3C(=O)O)O[C@@H]2COS(=O)(=O)O)O1. The summed E-state index contributed by atoms with van der Waals surface area (Å²) in [4.78, 5) is 38.0. The molecule has 4 saturated heterocycles. The van der Waals surface area contributed by atoms with Crippen LogP contribution < -0.4 is 14.2 Å². The number of carboxylic acids is 3. The molecule has 0 aromatic carbocycles. The molecule has 23 N–H and O–H groups in total. The summed E-state index contributed by atoms with van der Waals surface area (Å²) in [6, 6.07) is -8.79. The van der Waals surface area contributed by atoms with Gasteiger partial charge in [-0.15, -0.1) is 0 Å².